The van der Waals surface area contributed by atoms with Gasteiger partial charge in [0.15, 0.2) is 0 Å². The van der Waals surface area contributed by atoms with Gasteiger partial charge in [0.2, 0.25) is 5.82 Å². The van der Waals surface area contributed by atoms with Gasteiger partial charge in [0.05, 0.1) is 16.1 Å². The summed E-state index contributed by atoms with van der Waals surface area (Å²) < 4.78 is 0. The van der Waals surface area contributed by atoms with Gasteiger partial charge in [-0.3, -0.25) is 9.69 Å². The van der Waals surface area contributed by atoms with E-state index < -0.39 is 18.1 Å². The summed E-state index contributed by atoms with van der Waals surface area (Å²) in [5.41, 5.74) is 5.30. The lowest BCUT2D eigenvalue weighted by atomic mass is 9.87. The number of para-hydroxylation sites is 1. The van der Waals surface area contributed by atoms with E-state index in [2.05, 4.69) is 25.6 Å². The number of hydrogen-bond donors (Lipinski definition) is 3. The number of aliphatic carboxylic acids is 1. The molecule has 6 rings (SSSR count). The molecular formula is C26H20Cl2N6O2. The Hall–Kier alpha value is -3.72. The van der Waals surface area contributed by atoms with Gasteiger partial charge in [0.1, 0.15) is 6.04 Å². The molecule has 10 heteroatoms. The van der Waals surface area contributed by atoms with Crippen molar-refractivity contribution in [2.45, 2.75) is 25.0 Å². The molecule has 36 heavy (non-hydrogen) atoms. The molecule has 0 radical (unpaired) electrons. The zero-order valence-electron chi connectivity index (χ0n) is 18.8. The largest absolute Gasteiger partial charge is 0.480 e. The first kappa shape index (κ1) is 22.7. The SMILES string of the molecule is O=C(O)[C@@H]1Cc2c([nH]c3ccccc23)[C@H](c2cccc(Cl)c2Cl)N1Cc1cccc(-c2nn[nH]n2)c1. The van der Waals surface area contributed by atoms with Crippen molar-refractivity contribution in [3.8, 4) is 11.4 Å². The summed E-state index contributed by atoms with van der Waals surface area (Å²) in [6.45, 7) is 0.352. The van der Waals surface area contributed by atoms with E-state index in [4.69, 9.17) is 23.2 Å². The topological polar surface area (TPSA) is 111 Å². The minimum absolute atomic E-state index is 0.352. The Labute approximate surface area is 215 Å². The molecule has 2 atom stereocenters. The zero-order valence-corrected chi connectivity index (χ0v) is 20.3. The van der Waals surface area contributed by atoms with Crippen molar-refractivity contribution < 1.29 is 9.90 Å². The van der Waals surface area contributed by atoms with Crippen LogP contribution in [0.4, 0.5) is 0 Å². The Bertz CT molecular complexity index is 1580. The van der Waals surface area contributed by atoms with Crippen LogP contribution < -0.4 is 0 Å². The Morgan fingerprint density at radius 3 is 2.72 bits per heavy atom. The number of halogens is 2. The first-order chi connectivity index (χ1) is 17.5. The Morgan fingerprint density at radius 1 is 1.08 bits per heavy atom. The standard InChI is InChI=1S/C26H20Cl2N6O2/c27-19-9-4-8-17(22(19)28)24-23-18(16-7-1-2-10-20(16)29-23)12-21(26(35)36)34(24)13-14-5-3-6-15(11-14)25-30-32-33-31-25/h1-11,21,24,29H,12-13H2,(H,35,36)(H,30,31,32,33)/t21-,24-/m0/s1. The molecule has 2 aromatic heterocycles. The summed E-state index contributed by atoms with van der Waals surface area (Å²) in [4.78, 5) is 18.2. The summed E-state index contributed by atoms with van der Waals surface area (Å²) >= 11 is 13.2. The second-order valence-corrected chi connectivity index (χ2v) is 9.56. The van der Waals surface area contributed by atoms with Crippen LogP contribution in [0.2, 0.25) is 10.0 Å². The van der Waals surface area contributed by atoms with Crippen molar-refractivity contribution in [1.82, 2.24) is 30.5 Å². The highest BCUT2D eigenvalue weighted by Gasteiger charge is 2.41. The van der Waals surface area contributed by atoms with Crippen LogP contribution in [-0.2, 0) is 17.8 Å². The summed E-state index contributed by atoms with van der Waals surface area (Å²) in [6, 6.07) is 19.9. The molecule has 0 saturated carbocycles. The number of carbonyl (C=O) groups is 1. The van der Waals surface area contributed by atoms with E-state index >= 15 is 0 Å². The van der Waals surface area contributed by atoms with Crippen molar-refractivity contribution in [1.29, 1.82) is 0 Å². The van der Waals surface area contributed by atoms with Crippen LogP contribution in [0.3, 0.4) is 0 Å². The molecule has 0 aliphatic carbocycles. The summed E-state index contributed by atoms with van der Waals surface area (Å²) in [5, 5.41) is 26.4. The second kappa shape index (κ2) is 9.05. The predicted octanol–water partition coefficient (Wildman–Crippen LogP) is 5.26. The summed E-state index contributed by atoms with van der Waals surface area (Å²) in [7, 11) is 0. The van der Waals surface area contributed by atoms with Crippen LogP contribution in [0, 0.1) is 0 Å². The molecule has 0 spiro atoms. The first-order valence-electron chi connectivity index (χ1n) is 11.4. The van der Waals surface area contributed by atoms with E-state index in [9.17, 15) is 9.90 Å². The van der Waals surface area contributed by atoms with E-state index in [0.717, 1.165) is 38.9 Å². The fourth-order valence-electron chi connectivity index (χ4n) is 5.13. The van der Waals surface area contributed by atoms with Gasteiger partial charge in [-0.15, -0.1) is 10.2 Å². The zero-order chi connectivity index (χ0) is 24.8. The average molecular weight is 519 g/mol. The Kier molecular flexibility index (Phi) is 5.72. The number of nitrogens with one attached hydrogen (secondary N) is 2. The molecule has 3 aromatic carbocycles. The number of tetrazole rings is 1. The number of hydrogen-bond acceptors (Lipinski definition) is 5. The van der Waals surface area contributed by atoms with Gasteiger partial charge in [-0.05, 0) is 40.1 Å². The number of aromatic amines is 2. The van der Waals surface area contributed by atoms with Crippen molar-refractivity contribution in [3.05, 3.63) is 99.2 Å². The number of rotatable bonds is 5. The molecule has 0 amide bonds. The van der Waals surface area contributed by atoms with Crippen LogP contribution in [0.5, 0.6) is 0 Å². The quantitative estimate of drug-likeness (QED) is 0.292. The van der Waals surface area contributed by atoms with Gasteiger partial charge < -0.3 is 10.1 Å². The molecule has 5 aromatic rings. The van der Waals surface area contributed by atoms with Gasteiger partial charge in [0, 0.05) is 35.1 Å². The normalized spacial score (nSPS) is 17.8. The maximum absolute atomic E-state index is 12.7. The third-order valence-electron chi connectivity index (χ3n) is 6.71. The van der Waals surface area contributed by atoms with Crippen molar-refractivity contribution in [3.63, 3.8) is 0 Å². The van der Waals surface area contributed by atoms with Crippen molar-refractivity contribution >= 4 is 40.1 Å². The van der Waals surface area contributed by atoms with Gasteiger partial charge in [-0.1, -0.05) is 71.7 Å². The van der Waals surface area contributed by atoms with Crippen LogP contribution >= 0.6 is 23.2 Å². The minimum Gasteiger partial charge on any atom is -0.480 e. The highest BCUT2D eigenvalue weighted by Crippen LogP contribution is 2.44. The molecule has 3 N–H and O–H groups in total. The molecule has 0 fully saturated rings. The number of nitrogens with zero attached hydrogens (tertiary/aromatic N) is 4. The highest BCUT2D eigenvalue weighted by molar-refractivity contribution is 6.42. The fraction of sp³-hybridized carbons (Fsp3) is 0.154. The number of H-pyrrole nitrogens is 2. The van der Waals surface area contributed by atoms with E-state index in [1.54, 1.807) is 6.07 Å². The lowest BCUT2D eigenvalue weighted by molar-refractivity contribution is -0.144. The summed E-state index contributed by atoms with van der Waals surface area (Å²) in [5.74, 6) is -0.430. The van der Waals surface area contributed by atoms with Crippen molar-refractivity contribution in [2.24, 2.45) is 0 Å². The number of carboxylic acid groups (broad SMARTS) is 1. The van der Waals surface area contributed by atoms with E-state index in [1.165, 1.54) is 0 Å². The molecule has 0 bridgehead atoms. The lowest BCUT2D eigenvalue weighted by Gasteiger charge is -2.41. The predicted molar refractivity (Wildman–Crippen MR) is 137 cm³/mol. The second-order valence-electron chi connectivity index (χ2n) is 8.77. The smallest absolute Gasteiger partial charge is 0.321 e. The maximum atomic E-state index is 12.7. The molecule has 1 aliphatic rings. The fourth-order valence-corrected chi connectivity index (χ4v) is 5.54. The monoisotopic (exact) mass is 518 g/mol. The lowest BCUT2D eigenvalue weighted by Crippen LogP contribution is -2.48. The van der Waals surface area contributed by atoms with Crippen LogP contribution in [0.15, 0.2) is 66.7 Å². The van der Waals surface area contributed by atoms with E-state index in [0.29, 0.717) is 28.8 Å². The highest BCUT2D eigenvalue weighted by atomic mass is 35.5. The molecule has 3 heterocycles. The molecule has 8 nitrogen and oxygen atoms in total. The van der Waals surface area contributed by atoms with Gasteiger partial charge in [0.25, 0.3) is 0 Å². The number of benzene rings is 3. The van der Waals surface area contributed by atoms with E-state index in [1.807, 2.05) is 65.6 Å². The summed E-state index contributed by atoms with van der Waals surface area (Å²) in [6.07, 6.45) is 0.355. The third kappa shape index (κ3) is 3.83. The van der Waals surface area contributed by atoms with Gasteiger partial charge >= 0.3 is 5.97 Å². The van der Waals surface area contributed by atoms with Gasteiger partial charge in [-0.2, -0.15) is 5.21 Å². The number of carboxylic acids is 1. The molecule has 0 saturated heterocycles. The molecular weight excluding hydrogens is 499 g/mol. The van der Waals surface area contributed by atoms with Gasteiger partial charge in [-0.25, -0.2) is 0 Å². The van der Waals surface area contributed by atoms with Crippen LogP contribution in [-0.4, -0.2) is 47.6 Å². The first-order valence-corrected chi connectivity index (χ1v) is 12.1. The molecule has 180 valence electrons. The van der Waals surface area contributed by atoms with Crippen LogP contribution in [0.25, 0.3) is 22.3 Å². The molecule has 0 unspecified atom stereocenters. The number of fused-ring (bicyclic) bond motifs is 3. The third-order valence-corrected chi connectivity index (χ3v) is 7.54. The average Bonchev–Trinajstić information content (AvgIpc) is 3.54. The number of aromatic nitrogens is 5. The maximum Gasteiger partial charge on any atom is 0.321 e. The minimum atomic E-state index is -0.900. The van der Waals surface area contributed by atoms with Crippen LogP contribution in [0.1, 0.15) is 28.4 Å². The Balaban J connectivity index is 1.53. The van der Waals surface area contributed by atoms with E-state index in [-0.39, 0.29) is 0 Å². The molecule has 1 aliphatic heterocycles. The Morgan fingerprint density at radius 2 is 1.92 bits per heavy atom. The van der Waals surface area contributed by atoms with Crippen molar-refractivity contribution in [2.75, 3.05) is 0 Å².